The average Bonchev–Trinajstić information content (AvgIpc) is 2.65. The first-order chi connectivity index (χ1) is 8.10. The van der Waals surface area contributed by atoms with Crippen LogP contribution >= 0.6 is 23.2 Å². The summed E-state index contributed by atoms with van der Waals surface area (Å²) in [4.78, 5) is 4.33. The van der Waals surface area contributed by atoms with Crippen LogP contribution in [0.15, 0.2) is 18.2 Å². The Kier molecular flexibility index (Phi) is 3.66. The molecule has 1 aromatic heterocycles. The van der Waals surface area contributed by atoms with E-state index in [2.05, 4.69) is 10.1 Å². The predicted molar refractivity (Wildman–Crippen MR) is 68.2 cm³/mol. The fourth-order valence-corrected chi connectivity index (χ4v) is 1.87. The molecule has 17 heavy (non-hydrogen) atoms. The van der Waals surface area contributed by atoms with Gasteiger partial charge in [-0.3, -0.25) is 4.68 Å². The molecule has 4 nitrogen and oxygen atoms in total. The third kappa shape index (κ3) is 2.77. The molecule has 2 N–H and O–H groups in total. The van der Waals surface area contributed by atoms with Gasteiger partial charge in [-0.2, -0.15) is 5.10 Å². The van der Waals surface area contributed by atoms with E-state index in [0.29, 0.717) is 28.8 Å². The highest BCUT2D eigenvalue weighted by molar-refractivity contribution is 6.42. The Hall–Kier alpha value is -1.10. The summed E-state index contributed by atoms with van der Waals surface area (Å²) in [5.41, 5.74) is 6.53. The second kappa shape index (κ2) is 5.04. The van der Waals surface area contributed by atoms with Crippen LogP contribution in [0, 0.1) is 0 Å². The predicted octanol–water partition coefficient (Wildman–Crippen LogP) is 2.17. The van der Waals surface area contributed by atoms with Crippen LogP contribution < -0.4 is 5.73 Å². The molecule has 0 unspecified atom stereocenters. The van der Waals surface area contributed by atoms with E-state index in [1.165, 1.54) is 0 Å². The molecule has 1 aromatic carbocycles. The van der Waals surface area contributed by atoms with E-state index in [0.717, 1.165) is 11.4 Å². The summed E-state index contributed by atoms with van der Waals surface area (Å²) in [7, 11) is 1.85. The molecule has 0 aliphatic heterocycles. The number of nitrogens with two attached hydrogens (primary N) is 1. The number of benzene rings is 1. The SMILES string of the molecule is Cn1nc(CN)nc1Cc1ccc(Cl)c(Cl)c1. The standard InChI is InChI=1S/C11H12Cl2N4/c1-17-11(15-10(6-14)16-17)5-7-2-3-8(12)9(13)4-7/h2-4H,5-6,14H2,1H3. The highest BCUT2D eigenvalue weighted by atomic mass is 35.5. The summed E-state index contributed by atoms with van der Waals surface area (Å²) in [6, 6.07) is 5.53. The lowest BCUT2D eigenvalue weighted by molar-refractivity contribution is 0.705. The van der Waals surface area contributed by atoms with Crippen molar-refractivity contribution in [2.24, 2.45) is 12.8 Å². The van der Waals surface area contributed by atoms with Crippen molar-refractivity contribution in [1.29, 1.82) is 0 Å². The lowest BCUT2D eigenvalue weighted by Gasteiger charge is -2.02. The number of aryl methyl sites for hydroxylation is 1. The topological polar surface area (TPSA) is 56.7 Å². The van der Waals surface area contributed by atoms with Gasteiger partial charge in [-0.05, 0) is 17.7 Å². The normalized spacial score (nSPS) is 10.8. The van der Waals surface area contributed by atoms with Crippen LogP contribution in [0.2, 0.25) is 10.0 Å². The van der Waals surface area contributed by atoms with Crippen LogP contribution in [-0.2, 0) is 20.0 Å². The third-order valence-electron chi connectivity index (χ3n) is 2.43. The highest BCUT2D eigenvalue weighted by Gasteiger charge is 2.08. The van der Waals surface area contributed by atoms with Gasteiger partial charge < -0.3 is 5.73 Å². The maximum atomic E-state index is 5.96. The molecule has 1 heterocycles. The van der Waals surface area contributed by atoms with Crippen LogP contribution in [0.5, 0.6) is 0 Å². The van der Waals surface area contributed by atoms with Gasteiger partial charge in [-0.1, -0.05) is 29.3 Å². The van der Waals surface area contributed by atoms with Gasteiger partial charge in [0.2, 0.25) is 0 Å². The van der Waals surface area contributed by atoms with Gasteiger partial charge in [0.15, 0.2) is 5.82 Å². The Morgan fingerprint density at radius 3 is 2.65 bits per heavy atom. The molecule has 0 aliphatic rings. The summed E-state index contributed by atoms with van der Waals surface area (Å²) >= 11 is 11.8. The summed E-state index contributed by atoms with van der Waals surface area (Å²) in [6.07, 6.45) is 0.653. The largest absolute Gasteiger partial charge is 0.324 e. The first-order valence-electron chi connectivity index (χ1n) is 5.13. The molecule has 0 radical (unpaired) electrons. The number of nitrogens with zero attached hydrogens (tertiary/aromatic N) is 3. The molecule has 90 valence electrons. The van der Waals surface area contributed by atoms with Crippen molar-refractivity contribution in [3.63, 3.8) is 0 Å². The van der Waals surface area contributed by atoms with Crippen molar-refractivity contribution in [3.8, 4) is 0 Å². The zero-order chi connectivity index (χ0) is 12.4. The summed E-state index contributed by atoms with van der Waals surface area (Å²) in [6.45, 7) is 0.342. The smallest absolute Gasteiger partial charge is 0.164 e. The van der Waals surface area contributed by atoms with E-state index >= 15 is 0 Å². The molecule has 0 spiro atoms. The molecule has 0 bridgehead atoms. The van der Waals surface area contributed by atoms with Crippen molar-refractivity contribution in [2.75, 3.05) is 0 Å². The minimum atomic E-state index is 0.342. The number of rotatable bonds is 3. The average molecular weight is 271 g/mol. The van der Waals surface area contributed by atoms with Crippen LogP contribution in [0.25, 0.3) is 0 Å². The number of halogens is 2. The molecule has 0 saturated carbocycles. The quantitative estimate of drug-likeness (QED) is 0.930. The fourth-order valence-electron chi connectivity index (χ4n) is 1.55. The lowest BCUT2D eigenvalue weighted by atomic mass is 10.1. The van der Waals surface area contributed by atoms with Gasteiger partial charge in [0.25, 0.3) is 0 Å². The molecule has 6 heteroatoms. The van der Waals surface area contributed by atoms with Gasteiger partial charge >= 0.3 is 0 Å². The van der Waals surface area contributed by atoms with Crippen molar-refractivity contribution >= 4 is 23.2 Å². The van der Waals surface area contributed by atoms with Crippen molar-refractivity contribution in [3.05, 3.63) is 45.5 Å². The van der Waals surface area contributed by atoms with Crippen molar-refractivity contribution < 1.29 is 0 Å². The Labute approximate surface area is 109 Å². The Morgan fingerprint density at radius 2 is 2.06 bits per heavy atom. The lowest BCUT2D eigenvalue weighted by Crippen LogP contribution is -2.00. The van der Waals surface area contributed by atoms with Crippen LogP contribution in [0.1, 0.15) is 17.2 Å². The summed E-state index contributed by atoms with van der Waals surface area (Å²) < 4.78 is 1.73. The van der Waals surface area contributed by atoms with Gasteiger partial charge in [-0.25, -0.2) is 4.98 Å². The van der Waals surface area contributed by atoms with Gasteiger partial charge in [0, 0.05) is 13.5 Å². The van der Waals surface area contributed by atoms with Crippen LogP contribution in [0.3, 0.4) is 0 Å². The molecular formula is C11H12Cl2N4. The van der Waals surface area contributed by atoms with Gasteiger partial charge in [-0.15, -0.1) is 0 Å². The van der Waals surface area contributed by atoms with E-state index in [-0.39, 0.29) is 0 Å². The van der Waals surface area contributed by atoms with E-state index in [1.807, 2.05) is 19.2 Å². The molecule has 2 rings (SSSR count). The Balaban J connectivity index is 2.24. The molecule has 0 amide bonds. The van der Waals surface area contributed by atoms with Crippen molar-refractivity contribution in [1.82, 2.24) is 14.8 Å². The zero-order valence-electron chi connectivity index (χ0n) is 9.32. The van der Waals surface area contributed by atoms with Crippen LogP contribution in [0.4, 0.5) is 0 Å². The second-order valence-electron chi connectivity index (χ2n) is 3.70. The van der Waals surface area contributed by atoms with E-state index in [9.17, 15) is 0 Å². The van der Waals surface area contributed by atoms with E-state index in [1.54, 1.807) is 10.7 Å². The minimum Gasteiger partial charge on any atom is -0.324 e. The van der Waals surface area contributed by atoms with Gasteiger partial charge in [0.05, 0.1) is 16.6 Å². The second-order valence-corrected chi connectivity index (χ2v) is 4.51. The zero-order valence-corrected chi connectivity index (χ0v) is 10.8. The Morgan fingerprint density at radius 1 is 1.29 bits per heavy atom. The summed E-state index contributed by atoms with van der Waals surface area (Å²) in [5.74, 6) is 1.49. The van der Waals surface area contributed by atoms with Gasteiger partial charge in [0.1, 0.15) is 5.82 Å². The molecule has 0 saturated heterocycles. The summed E-state index contributed by atoms with van der Waals surface area (Å²) in [5, 5.41) is 5.29. The molecule has 0 fully saturated rings. The number of aromatic nitrogens is 3. The maximum absolute atomic E-state index is 5.96. The van der Waals surface area contributed by atoms with Crippen LogP contribution in [-0.4, -0.2) is 14.8 Å². The third-order valence-corrected chi connectivity index (χ3v) is 3.16. The minimum absolute atomic E-state index is 0.342. The fraction of sp³-hybridized carbons (Fsp3) is 0.273. The van der Waals surface area contributed by atoms with E-state index < -0.39 is 0 Å². The maximum Gasteiger partial charge on any atom is 0.164 e. The Bertz CT molecular complexity index is 536. The number of hydrogen-bond acceptors (Lipinski definition) is 3. The number of hydrogen-bond donors (Lipinski definition) is 1. The van der Waals surface area contributed by atoms with E-state index in [4.69, 9.17) is 28.9 Å². The first-order valence-corrected chi connectivity index (χ1v) is 5.88. The molecule has 0 atom stereocenters. The monoisotopic (exact) mass is 270 g/mol. The molecule has 0 aliphatic carbocycles. The first kappa shape index (κ1) is 12.4. The van der Waals surface area contributed by atoms with Crippen molar-refractivity contribution in [2.45, 2.75) is 13.0 Å². The molecular weight excluding hydrogens is 259 g/mol. The molecule has 2 aromatic rings. The highest BCUT2D eigenvalue weighted by Crippen LogP contribution is 2.23.